The Bertz CT molecular complexity index is 255. The summed E-state index contributed by atoms with van der Waals surface area (Å²) in [4.78, 5) is 2.98. The molecule has 0 radical (unpaired) electrons. The Balaban J connectivity index is 4.48. The summed E-state index contributed by atoms with van der Waals surface area (Å²) in [5.74, 6) is 0. The largest absolute Gasteiger partial charge is 0.116 e. The summed E-state index contributed by atoms with van der Waals surface area (Å²) in [6.45, 7) is 3.84. The van der Waals surface area contributed by atoms with Crippen molar-refractivity contribution in [2.24, 2.45) is 0 Å². The highest BCUT2D eigenvalue weighted by molar-refractivity contribution is 9.11. The van der Waals surface area contributed by atoms with Crippen LogP contribution in [0.25, 0.3) is 0 Å². The summed E-state index contributed by atoms with van der Waals surface area (Å²) in [6, 6.07) is 0. The van der Waals surface area contributed by atoms with Gasteiger partial charge < -0.3 is 0 Å². The van der Waals surface area contributed by atoms with E-state index >= 15 is 0 Å². The van der Waals surface area contributed by atoms with E-state index in [1.165, 1.54) is 0 Å². The predicted octanol–water partition coefficient (Wildman–Crippen LogP) is 5.35. The number of alkyl halides is 2. The van der Waals surface area contributed by atoms with E-state index in [0.29, 0.717) is 0 Å². The molecule has 0 bridgehead atoms. The second kappa shape index (κ2) is 7.10. The monoisotopic (exact) mass is 360 g/mol. The Kier molecular flexibility index (Phi) is 7.49. The molecular formula is C10H12Br2Cl2. The molecule has 0 aliphatic carbocycles. The van der Waals surface area contributed by atoms with Crippen LogP contribution in [0.2, 0.25) is 0 Å². The van der Waals surface area contributed by atoms with E-state index in [-0.39, 0.29) is 5.38 Å². The lowest BCUT2D eigenvalue weighted by atomic mass is 10.1. The molecule has 4 heteroatoms. The van der Waals surface area contributed by atoms with Crippen molar-refractivity contribution < 1.29 is 0 Å². The molecule has 0 heterocycles. The van der Waals surface area contributed by atoms with Crippen LogP contribution in [0.1, 0.15) is 13.8 Å². The SMILES string of the molecule is CC(=C/Br)/C=C/[C@H](Cl)[C@](C)(Cl)/C=C\Br. The Morgan fingerprint density at radius 1 is 1.43 bits per heavy atom. The first-order chi connectivity index (χ1) is 6.44. The van der Waals surface area contributed by atoms with Gasteiger partial charge in [-0.05, 0) is 29.4 Å². The molecule has 0 saturated heterocycles. The number of allylic oxidation sites excluding steroid dienone is 4. The maximum atomic E-state index is 6.18. The minimum atomic E-state index is -0.575. The fourth-order valence-electron chi connectivity index (χ4n) is 0.676. The molecule has 0 aromatic rings. The van der Waals surface area contributed by atoms with Crippen LogP contribution in [-0.4, -0.2) is 10.3 Å². The van der Waals surface area contributed by atoms with Gasteiger partial charge in [0.25, 0.3) is 0 Å². The van der Waals surface area contributed by atoms with Crippen molar-refractivity contribution >= 4 is 55.1 Å². The van der Waals surface area contributed by atoms with Gasteiger partial charge in [0.1, 0.15) is 0 Å². The van der Waals surface area contributed by atoms with Crippen LogP contribution >= 0.6 is 55.1 Å². The molecule has 0 aliphatic rings. The van der Waals surface area contributed by atoms with Crippen LogP contribution in [0.4, 0.5) is 0 Å². The fourth-order valence-corrected chi connectivity index (χ4v) is 1.81. The maximum absolute atomic E-state index is 6.18. The molecule has 0 spiro atoms. The maximum Gasteiger partial charge on any atom is 0.0804 e. The number of rotatable bonds is 4. The molecule has 0 rings (SSSR count). The highest BCUT2D eigenvalue weighted by Gasteiger charge is 2.25. The Morgan fingerprint density at radius 2 is 2.00 bits per heavy atom. The molecule has 0 aromatic carbocycles. The minimum Gasteiger partial charge on any atom is -0.116 e. The molecule has 0 unspecified atom stereocenters. The van der Waals surface area contributed by atoms with E-state index < -0.39 is 4.87 Å². The quantitative estimate of drug-likeness (QED) is 0.467. The minimum absolute atomic E-state index is 0.250. The van der Waals surface area contributed by atoms with Crippen LogP contribution in [0, 0.1) is 0 Å². The number of hydrogen-bond donors (Lipinski definition) is 0. The number of hydrogen-bond acceptors (Lipinski definition) is 0. The van der Waals surface area contributed by atoms with Gasteiger partial charge in [-0.2, -0.15) is 0 Å². The van der Waals surface area contributed by atoms with Gasteiger partial charge in [0.2, 0.25) is 0 Å². The van der Waals surface area contributed by atoms with Crippen molar-refractivity contribution in [1.82, 2.24) is 0 Å². The van der Waals surface area contributed by atoms with Gasteiger partial charge in [-0.25, -0.2) is 0 Å². The van der Waals surface area contributed by atoms with E-state index in [2.05, 4.69) is 31.9 Å². The van der Waals surface area contributed by atoms with Crippen molar-refractivity contribution in [2.75, 3.05) is 0 Å². The van der Waals surface area contributed by atoms with Crippen molar-refractivity contribution in [1.29, 1.82) is 0 Å². The Hall–Kier alpha value is 0.760. The summed E-state index contributed by atoms with van der Waals surface area (Å²) in [6.07, 6.45) is 5.60. The Morgan fingerprint density at radius 3 is 2.43 bits per heavy atom. The summed E-state index contributed by atoms with van der Waals surface area (Å²) >= 11 is 18.7. The first kappa shape index (κ1) is 14.8. The molecule has 0 aliphatic heterocycles. The van der Waals surface area contributed by atoms with Gasteiger partial charge in [0.05, 0.1) is 10.3 Å². The lowest BCUT2D eigenvalue weighted by Gasteiger charge is -2.20. The van der Waals surface area contributed by atoms with E-state index in [9.17, 15) is 0 Å². The third-order valence-electron chi connectivity index (χ3n) is 1.63. The van der Waals surface area contributed by atoms with E-state index in [4.69, 9.17) is 23.2 Å². The van der Waals surface area contributed by atoms with Crippen LogP contribution in [0.5, 0.6) is 0 Å². The first-order valence-corrected chi connectivity index (χ1v) is 6.64. The standard InChI is InChI=1S/C10H12Br2Cl2/c1-8(7-12)3-4-9(13)10(2,14)5-6-11/h3-7,9H,1-2H3/b4-3+,6-5-,8-7-/t9-,10+/m0/s1. The second-order valence-corrected chi connectivity index (χ2v) is 5.33. The molecule has 80 valence electrons. The second-order valence-electron chi connectivity index (χ2n) is 3.06. The van der Waals surface area contributed by atoms with Gasteiger partial charge >= 0.3 is 0 Å². The fraction of sp³-hybridized carbons (Fsp3) is 0.400. The van der Waals surface area contributed by atoms with Crippen molar-refractivity contribution in [3.63, 3.8) is 0 Å². The summed E-state index contributed by atoms with van der Waals surface area (Å²) in [7, 11) is 0. The zero-order valence-electron chi connectivity index (χ0n) is 7.98. The lowest BCUT2D eigenvalue weighted by Crippen LogP contribution is -2.24. The van der Waals surface area contributed by atoms with E-state index in [1.54, 1.807) is 4.99 Å². The highest BCUT2D eigenvalue weighted by atomic mass is 79.9. The van der Waals surface area contributed by atoms with Gasteiger partial charge in [0, 0.05) is 0 Å². The van der Waals surface area contributed by atoms with Crippen LogP contribution in [0.15, 0.2) is 33.8 Å². The summed E-state index contributed by atoms with van der Waals surface area (Å²) in [5, 5.41) is -0.250. The molecule has 0 N–H and O–H groups in total. The zero-order chi connectivity index (χ0) is 11.2. The van der Waals surface area contributed by atoms with Crippen LogP contribution < -0.4 is 0 Å². The average Bonchev–Trinajstić information content (AvgIpc) is 2.13. The third-order valence-corrected chi connectivity index (χ3v) is 3.69. The number of halogens is 4. The van der Waals surface area contributed by atoms with Gasteiger partial charge in [-0.3, -0.25) is 0 Å². The molecule has 14 heavy (non-hydrogen) atoms. The summed E-state index contributed by atoms with van der Waals surface area (Å²) in [5.41, 5.74) is 1.09. The summed E-state index contributed by atoms with van der Waals surface area (Å²) < 4.78 is 0. The third kappa shape index (κ3) is 5.59. The highest BCUT2D eigenvalue weighted by Crippen LogP contribution is 2.27. The molecule has 0 aromatic heterocycles. The first-order valence-electron chi connectivity index (χ1n) is 4.00. The topological polar surface area (TPSA) is 0 Å². The van der Waals surface area contributed by atoms with Gasteiger partial charge in [-0.15, -0.1) is 23.2 Å². The van der Waals surface area contributed by atoms with Crippen LogP contribution in [0.3, 0.4) is 0 Å². The van der Waals surface area contributed by atoms with Gasteiger partial charge in [-0.1, -0.05) is 50.1 Å². The Labute approximate surface area is 112 Å². The molecule has 0 fully saturated rings. The molecule has 0 nitrogen and oxygen atoms in total. The van der Waals surface area contributed by atoms with Crippen LogP contribution in [-0.2, 0) is 0 Å². The van der Waals surface area contributed by atoms with Crippen molar-refractivity contribution in [2.45, 2.75) is 24.1 Å². The zero-order valence-corrected chi connectivity index (χ0v) is 12.7. The smallest absolute Gasteiger partial charge is 0.0804 e. The van der Waals surface area contributed by atoms with Crippen molar-refractivity contribution in [3.05, 3.63) is 33.8 Å². The molecular weight excluding hydrogens is 351 g/mol. The normalized spacial score (nSPS) is 20.3. The van der Waals surface area contributed by atoms with Crippen molar-refractivity contribution in [3.8, 4) is 0 Å². The lowest BCUT2D eigenvalue weighted by molar-refractivity contribution is 0.800. The molecule has 0 saturated carbocycles. The molecule has 0 amide bonds. The van der Waals surface area contributed by atoms with E-state index in [1.807, 2.05) is 37.1 Å². The predicted molar refractivity (Wildman–Crippen MR) is 73.8 cm³/mol. The van der Waals surface area contributed by atoms with Gasteiger partial charge in [0.15, 0.2) is 0 Å². The molecule has 2 atom stereocenters. The average molecular weight is 363 g/mol. The van der Waals surface area contributed by atoms with E-state index in [0.717, 1.165) is 5.57 Å².